The van der Waals surface area contributed by atoms with Crippen molar-refractivity contribution in [2.45, 2.75) is 26.7 Å². The van der Waals surface area contributed by atoms with Crippen molar-refractivity contribution < 1.29 is 0 Å². The van der Waals surface area contributed by atoms with Crippen molar-refractivity contribution in [3.05, 3.63) is 85.0 Å². The Morgan fingerprint density at radius 3 is 2.84 bits per heavy atom. The second-order valence-corrected chi connectivity index (χ2v) is 7.34. The standard InChI is InChI=1S/C25H26N6/c1-5-8-16(4)27-19(7-3)13-17(6-2)18-9-10-21-20(14-18)24(31-30-21)25-28-22-11-12-26-15-23(22)29-25/h6-7,9-15,27H,3-5,8H2,1-2H3,(H,28,29)(H,30,31)/b17-6+,19-13+. The van der Waals surface area contributed by atoms with Gasteiger partial charge in [0.05, 0.1) is 22.7 Å². The van der Waals surface area contributed by atoms with Gasteiger partial charge in [-0.3, -0.25) is 10.1 Å². The molecule has 3 aromatic heterocycles. The summed E-state index contributed by atoms with van der Waals surface area (Å²) in [6.07, 6.45) is 11.5. The summed E-state index contributed by atoms with van der Waals surface area (Å²) < 4.78 is 0. The molecular formula is C25H26N6. The predicted octanol–water partition coefficient (Wildman–Crippen LogP) is 5.88. The van der Waals surface area contributed by atoms with Gasteiger partial charge in [0, 0.05) is 23.0 Å². The lowest BCUT2D eigenvalue weighted by molar-refractivity contribution is 0.829. The zero-order chi connectivity index (χ0) is 21.8. The fourth-order valence-corrected chi connectivity index (χ4v) is 3.56. The molecule has 0 aliphatic rings. The molecule has 0 aliphatic heterocycles. The van der Waals surface area contributed by atoms with Gasteiger partial charge in [-0.15, -0.1) is 0 Å². The summed E-state index contributed by atoms with van der Waals surface area (Å²) in [4.78, 5) is 12.1. The summed E-state index contributed by atoms with van der Waals surface area (Å²) in [5, 5.41) is 12.0. The summed E-state index contributed by atoms with van der Waals surface area (Å²) in [5.74, 6) is 0.716. The fourth-order valence-electron chi connectivity index (χ4n) is 3.56. The average Bonchev–Trinajstić information content (AvgIpc) is 3.40. The zero-order valence-corrected chi connectivity index (χ0v) is 17.9. The molecule has 0 amide bonds. The highest BCUT2D eigenvalue weighted by Crippen LogP contribution is 2.29. The van der Waals surface area contributed by atoms with Gasteiger partial charge in [-0.2, -0.15) is 5.10 Å². The third-order valence-corrected chi connectivity index (χ3v) is 5.12. The Bertz CT molecular complexity index is 1290. The van der Waals surface area contributed by atoms with Gasteiger partial charge in [0.2, 0.25) is 0 Å². The molecule has 4 rings (SSSR count). The second kappa shape index (κ2) is 8.83. The number of pyridine rings is 1. The molecule has 0 bridgehead atoms. The Kier molecular flexibility index (Phi) is 5.80. The van der Waals surface area contributed by atoms with Crippen LogP contribution in [0.1, 0.15) is 32.3 Å². The number of imidazole rings is 1. The minimum absolute atomic E-state index is 0.716. The third-order valence-electron chi connectivity index (χ3n) is 5.12. The number of allylic oxidation sites excluding steroid dienone is 5. The van der Waals surface area contributed by atoms with Crippen LogP contribution in [0.3, 0.4) is 0 Å². The van der Waals surface area contributed by atoms with Crippen molar-refractivity contribution in [3.63, 3.8) is 0 Å². The van der Waals surface area contributed by atoms with Gasteiger partial charge < -0.3 is 10.3 Å². The Hall–Kier alpha value is -3.93. The maximum atomic E-state index is 4.67. The summed E-state index contributed by atoms with van der Waals surface area (Å²) in [6.45, 7) is 12.2. The number of H-pyrrole nitrogens is 2. The van der Waals surface area contributed by atoms with Crippen molar-refractivity contribution in [2.75, 3.05) is 0 Å². The maximum Gasteiger partial charge on any atom is 0.159 e. The molecule has 0 unspecified atom stereocenters. The van der Waals surface area contributed by atoms with Gasteiger partial charge in [-0.1, -0.05) is 38.6 Å². The van der Waals surface area contributed by atoms with Crippen molar-refractivity contribution in [2.24, 2.45) is 0 Å². The van der Waals surface area contributed by atoms with Gasteiger partial charge >= 0.3 is 0 Å². The maximum absolute atomic E-state index is 4.67. The third kappa shape index (κ3) is 4.19. The highest BCUT2D eigenvalue weighted by atomic mass is 15.1. The van der Waals surface area contributed by atoms with Crippen LogP contribution in [0.15, 0.2) is 79.4 Å². The summed E-state index contributed by atoms with van der Waals surface area (Å²) in [5.41, 5.74) is 7.55. The molecule has 1 aromatic carbocycles. The van der Waals surface area contributed by atoms with Crippen LogP contribution in [0, 0.1) is 0 Å². The van der Waals surface area contributed by atoms with Crippen LogP contribution < -0.4 is 5.32 Å². The summed E-state index contributed by atoms with van der Waals surface area (Å²) >= 11 is 0. The number of aromatic amines is 2. The molecule has 0 aliphatic carbocycles. The fraction of sp³-hybridized carbons (Fsp3) is 0.160. The van der Waals surface area contributed by atoms with Crippen LogP contribution in [0.2, 0.25) is 0 Å². The molecule has 156 valence electrons. The van der Waals surface area contributed by atoms with E-state index in [-0.39, 0.29) is 0 Å². The molecule has 0 saturated heterocycles. The molecule has 0 saturated carbocycles. The van der Waals surface area contributed by atoms with Crippen molar-refractivity contribution >= 4 is 27.5 Å². The number of nitrogens with zero attached hydrogens (tertiary/aromatic N) is 3. The molecule has 31 heavy (non-hydrogen) atoms. The Morgan fingerprint density at radius 1 is 1.23 bits per heavy atom. The van der Waals surface area contributed by atoms with Crippen LogP contribution >= 0.6 is 0 Å². The molecule has 4 aromatic rings. The van der Waals surface area contributed by atoms with Gasteiger partial charge in [0.1, 0.15) is 5.69 Å². The first-order valence-electron chi connectivity index (χ1n) is 10.4. The van der Waals surface area contributed by atoms with Crippen LogP contribution in [0.25, 0.3) is 39.0 Å². The largest absolute Gasteiger partial charge is 0.359 e. The van der Waals surface area contributed by atoms with Crippen LogP contribution in [0.5, 0.6) is 0 Å². The summed E-state index contributed by atoms with van der Waals surface area (Å²) in [6, 6.07) is 8.14. The lowest BCUT2D eigenvalue weighted by atomic mass is 10.0. The lowest BCUT2D eigenvalue weighted by Crippen LogP contribution is -2.10. The van der Waals surface area contributed by atoms with E-state index in [0.717, 1.165) is 63.0 Å². The monoisotopic (exact) mass is 410 g/mol. The lowest BCUT2D eigenvalue weighted by Gasteiger charge is -2.11. The van der Waals surface area contributed by atoms with Crippen LogP contribution in [0.4, 0.5) is 0 Å². The van der Waals surface area contributed by atoms with E-state index in [0.29, 0.717) is 5.82 Å². The van der Waals surface area contributed by atoms with Gasteiger partial charge in [0.15, 0.2) is 5.82 Å². The van der Waals surface area contributed by atoms with E-state index >= 15 is 0 Å². The van der Waals surface area contributed by atoms with Gasteiger partial charge in [-0.25, -0.2) is 4.98 Å². The molecule has 0 fully saturated rings. The molecule has 6 heteroatoms. The Morgan fingerprint density at radius 2 is 2.10 bits per heavy atom. The van der Waals surface area contributed by atoms with Gasteiger partial charge in [0.25, 0.3) is 0 Å². The molecule has 0 radical (unpaired) electrons. The number of aromatic nitrogens is 5. The topological polar surface area (TPSA) is 82.3 Å². The van der Waals surface area contributed by atoms with Crippen LogP contribution in [-0.4, -0.2) is 25.1 Å². The first-order valence-corrected chi connectivity index (χ1v) is 10.4. The van der Waals surface area contributed by atoms with Crippen molar-refractivity contribution in [3.8, 4) is 11.5 Å². The van der Waals surface area contributed by atoms with E-state index < -0.39 is 0 Å². The first-order chi connectivity index (χ1) is 15.1. The normalized spacial score (nSPS) is 12.5. The molecule has 6 nitrogen and oxygen atoms in total. The first kappa shape index (κ1) is 20.3. The number of benzene rings is 1. The number of hydrogen-bond donors (Lipinski definition) is 3. The van der Waals surface area contributed by atoms with Gasteiger partial charge in [-0.05, 0) is 54.8 Å². The highest BCUT2D eigenvalue weighted by molar-refractivity contribution is 5.95. The Labute approximate surface area is 181 Å². The van der Waals surface area contributed by atoms with Crippen LogP contribution in [-0.2, 0) is 0 Å². The van der Waals surface area contributed by atoms with E-state index in [1.165, 1.54) is 0 Å². The highest BCUT2D eigenvalue weighted by Gasteiger charge is 2.14. The smallest absolute Gasteiger partial charge is 0.159 e. The van der Waals surface area contributed by atoms with Crippen molar-refractivity contribution in [1.29, 1.82) is 0 Å². The van der Waals surface area contributed by atoms with E-state index in [1.54, 1.807) is 12.4 Å². The van der Waals surface area contributed by atoms with E-state index in [1.807, 2.05) is 25.1 Å². The predicted molar refractivity (Wildman–Crippen MR) is 128 cm³/mol. The van der Waals surface area contributed by atoms with E-state index in [4.69, 9.17) is 0 Å². The molecule has 3 heterocycles. The average molecular weight is 411 g/mol. The SMILES string of the molecule is C=C/C(=C\C(=C/C)c1ccc2[nH]nc(-c3nc4ccncc4[nH]3)c2c1)NC(=C)CCC. The second-order valence-electron chi connectivity index (χ2n) is 7.34. The molecule has 3 N–H and O–H groups in total. The van der Waals surface area contributed by atoms with E-state index in [2.05, 4.69) is 74.8 Å². The molecule has 0 atom stereocenters. The molecule has 0 spiro atoms. The Balaban J connectivity index is 1.72. The zero-order valence-electron chi connectivity index (χ0n) is 17.9. The quantitative estimate of drug-likeness (QED) is 0.317. The number of rotatable bonds is 8. The van der Waals surface area contributed by atoms with E-state index in [9.17, 15) is 0 Å². The minimum atomic E-state index is 0.716. The number of hydrogen-bond acceptors (Lipinski definition) is 4. The van der Waals surface area contributed by atoms with Crippen molar-refractivity contribution in [1.82, 2.24) is 30.5 Å². The number of fused-ring (bicyclic) bond motifs is 2. The summed E-state index contributed by atoms with van der Waals surface area (Å²) in [7, 11) is 0. The number of nitrogens with one attached hydrogen (secondary N) is 3. The minimum Gasteiger partial charge on any atom is -0.359 e. The molecular weight excluding hydrogens is 384 g/mol.